The van der Waals surface area contributed by atoms with Crippen molar-refractivity contribution in [2.75, 3.05) is 20.3 Å². The number of hydrogen-bond donors (Lipinski definition) is 4. The van der Waals surface area contributed by atoms with Crippen molar-refractivity contribution in [1.82, 2.24) is 0 Å². The molecular weight excluding hydrogens is 444 g/mol. The van der Waals surface area contributed by atoms with Crippen molar-refractivity contribution in [1.29, 1.82) is 0 Å². The second kappa shape index (κ2) is 21.2. The highest BCUT2D eigenvalue weighted by atomic mass is 16.7. The van der Waals surface area contributed by atoms with Gasteiger partial charge in [0.15, 0.2) is 0 Å². The van der Waals surface area contributed by atoms with Gasteiger partial charge in [0.05, 0.1) is 19.8 Å². The van der Waals surface area contributed by atoms with Crippen LogP contribution in [0.2, 0.25) is 0 Å². The van der Waals surface area contributed by atoms with Crippen LogP contribution in [0.15, 0.2) is 43.0 Å². The molecule has 1 aliphatic rings. The minimum atomic E-state index is -1.38. The van der Waals surface area contributed by atoms with Gasteiger partial charge in [-0.15, -0.1) is 6.58 Å². The maximum atomic E-state index is 11.0. The van der Waals surface area contributed by atoms with Crippen molar-refractivity contribution in [2.45, 2.75) is 77.5 Å². The Morgan fingerprint density at radius 3 is 2.00 bits per heavy atom. The normalized spacial score (nSPS) is 22.8. The summed E-state index contributed by atoms with van der Waals surface area (Å²) in [7, 11) is 1.16. The molecule has 1 aromatic rings. The van der Waals surface area contributed by atoms with Gasteiger partial charge in [0.25, 0.3) is 0 Å². The van der Waals surface area contributed by atoms with E-state index in [4.69, 9.17) is 14.6 Å². The monoisotopic (exact) mass is 486 g/mol. The highest BCUT2D eigenvalue weighted by molar-refractivity contribution is 5.75. The molecule has 0 bridgehead atoms. The summed E-state index contributed by atoms with van der Waals surface area (Å²) in [5.74, 6) is 0.289. The molecule has 1 aliphatic heterocycles. The van der Waals surface area contributed by atoms with Crippen molar-refractivity contribution < 1.29 is 44.2 Å². The summed E-state index contributed by atoms with van der Waals surface area (Å²) < 4.78 is 14.7. The SMILES string of the molecule is C=CCO.CC.CCCC(C)=O.COC(=O)OCC1OC(Cc2ccccc2)C(O)C(O)C1O. The van der Waals surface area contributed by atoms with Gasteiger partial charge >= 0.3 is 6.16 Å². The highest BCUT2D eigenvalue weighted by Crippen LogP contribution is 2.24. The third kappa shape index (κ3) is 14.8. The van der Waals surface area contributed by atoms with Gasteiger partial charge in [0.2, 0.25) is 0 Å². The van der Waals surface area contributed by atoms with E-state index in [0.29, 0.717) is 6.42 Å². The molecule has 5 unspecified atom stereocenters. The lowest BCUT2D eigenvalue weighted by molar-refractivity contribution is -0.229. The Balaban J connectivity index is 0. The first-order valence-corrected chi connectivity index (χ1v) is 11.4. The molecule has 5 atom stereocenters. The Bertz CT molecular complexity index is 651. The van der Waals surface area contributed by atoms with Crippen LogP contribution in [0.25, 0.3) is 0 Å². The molecular formula is C25H42O9. The topological polar surface area (TPSA) is 143 Å². The van der Waals surface area contributed by atoms with Crippen LogP contribution in [0, 0.1) is 0 Å². The maximum Gasteiger partial charge on any atom is 0.508 e. The second-order valence-electron chi connectivity index (χ2n) is 7.06. The van der Waals surface area contributed by atoms with Crippen molar-refractivity contribution in [2.24, 2.45) is 0 Å². The van der Waals surface area contributed by atoms with Crippen LogP contribution < -0.4 is 0 Å². The number of ether oxygens (including phenoxy) is 3. The standard InChI is InChI=1S/C15H20O7.C5H10O.C3H6O.C2H6/c1-20-15(19)21-8-11-13(17)14(18)12(16)10(22-11)7-9-5-3-2-4-6-9;1-3-4-5(2)6;1-2-3-4;1-2/h2-6,10-14,16-18H,7-8H2,1H3;3-4H2,1-2H3;2,4H,1,3H2;1-2H3. The Labute approximate surface area is 203 Å². The van der Waals surface area contributed by atoms with Gasteiger partial charge in [-0.3, -0.25) is 0 Å². The number of hydrogen-bond acceptors (Lipinski definition) is 9. The Kier molecular flexibility index (Phi) is 21.2. The molecule has 0 amide bonds. The van der Waals surface area contributed by atoms with Crippen LogP contribution >= 0.6 is 0 Å². The first-order valence-electron chi connectivity index (χ1n) is 11.4. The van der Waals surface area contributed by atoms with Crippen molar-refractivity contribution in [3.8, 4) is 0 Å². The fourth-order valence-electron chi connectivity index (χ4n) is 2.74. The fraction of sp³-hybridized carbons (Fsp3) is 0.600. The summed E-state index contributed by atoms with van der Waals surface area (Å²) in [5, 5.41) is 37.6. The minimum absolute atomic E-state index is 0.0833. The van der Waals surface area contributed by atoms with E-state index in [0.717, 1.165) is 25.5 Å². The van der Waals surface area contributed by atoms with Gasteiger partial charge in [-0.2, -0.15) is 0 Å². The zero-order chi connectivity index (χ0) is 26.5. The van der Waals surface area contributed by atoms with Gasteiger partial charge in [-0.25, -0.2) is 4.79 Å². The smallest absolute Gasteiger partial charge is 0.438 e. The first-order chi connectivity index (χ1) is 16.2. The van der Waals surface area contributed by atoms with E-state index in [1.807, 2.05) is 51.1 Å². The van der Waals surface area contributed by atoms with Crippen LogP contribution in [0.1, 0.15) is 46.1 Å². The number of Topliss-reactive ketones (excluding diaryl/α,β-unsaturated/α-hetero) is 1. The molecule has 4 N–H and O–H groups in total. The minimum Gasteiger partial charge on any atom is -0.438 e. The van der Waals surface area contributed by atoms with E-state index in [9.17, 15) is 24.9 Å². The van der Waals surface area contributed by atoms with E-state index >= 15 is 0 Å². The lowest BCUT2D eigenvalue weighted by Crippen LogP contribution is -2.59. The Hall–Kier alpha value is -2.30. The number of benzene rings is 1. The zero-order valence-electron chi connectivity index (χ0n) is 20.9. The molecule has 0 radical (unpaired) electrons. The molecule has 0 aliphatic carbocycles. The first kappa shape index (κ1) is 33.9. The Morgan fingerprint density at radius 2 is 1.59 bits per heavy atom. The van der Waals surface area contributed by atoms with Crippen molar-refractivity contribution >= 4 is 11.9 Å². The molecule has 9 nitrogen and oxygen atoms in total. The summed E-state index contributed by atoms with van der Waals surface area (Å²) in [6.45, 7) is 10.7. The number of carbonyl (C=O) groups excluding carboxylic acids is 2. The van der Waals surface area contributed by atoms with Crippen LogP contribution in [0.3, 0.4) is 0 Å². The van der Waals surface area contributed by atoms with E-state index in [1.165, 1.54) is 6.08 Å². The number of carbonyl (C=O) groups is 2. The summed E-state index contributed by atoms with van der Waals surface area (Å²) >= 11 is 0. The number of rotatable bonds is 7. The maximum absolute atomic E-state index is 11.0. The third-order valence-corrected chi connectivity index (χ3v) is 4.35. The number of aliphatic hydroxyl groups excluding tert-OH is 4. The van der Waals surface area contributed by atoms with Gasteiger partial charge in [-0.05, 0) is 18.9 Å². The molecule has 1 saturated heterocycles. The second-order valence-corrected chi connectivity index (χ2v) is 7.06. The lowest BCUT2D eigenvalue weighted by atomic mass is 9.92. The molecule has 9 heteroatoms. The molecule has 0 saturated carbocycles. The van der Waals surface area contributed by atoms with Gasteiger partial charge in [-0.1, -0.05) is 57.2 Å². The molecule has 2 rings (SSSR count). The average molecular weight is 487 g/mol. The van der Waals surface area contributed by atoms with E-state index in [1.54, 1.807) is 6.92 Å². The molecule has 0 aromatic heterocycles. The molecule has 1 aromatic carbocycles. The quantitative estimate of drug-likeness (QED) is 0.337. The molecule has 1 heterocycles. The Morgan fingerprint density at radius 1 is 1.06 bits per heavy atom. The van der Waals surface area contributed by atoms with E-state index in [-0.39, 0.29) is 19.0 Å². The van der Waals surface area contributed by atoms with Crippen LogP contribution in [-0.2, 0) is 25.4 Å². The van der Waals surface area contributed by atoms with Crippen LogP contribution in [0.4, 0.5) is 4.79 Å². The largest absolute Gasteiger partial charge is 0.508 e. The number of methoxy groups -OCH3 is 1. The summed E-state index contributed by atoms with van der Waals surface area (Å²) in [6.07, 6.45) is -3.02. The predicted octanol–water partition coefficient (Wildman–Crippen LogP) is 2.43. The third-order valence-electron chi connectivity index (χ3n) is 4.35. The van der Waals surface area contributed by atoms with Crippen molar-refractivity contribution in [3.05, 3.63) is 48.6 Å². The lowest BCUT2D eigenvalue weighted by Gasteiger charge is -2.40. The van der Waals surface area contributed by atoms with Gasteiger partial charge < -0.3 is 39.4 Å². The predicted molar refractivity (Wildman–Crippen MR) is 129 cm³/mol. The summed E-state index contributed by atoms with van der Waals surface area (Å²) in [5.41, 5.74) is 0.919. The summed E-state index contributed by atoms with van der Waals surface area (Å²) in [4.78, 5) is 21.0. The molecule has 196 valence electrons. The number of ketones is 1. The van der Waals surface area contributed by atoms with Crippen LogP contribution in [0.5, 0.6) is 0 Å². The van der Waals surface area contributed by atoms with Gasteiger partial charge in [0, 0.05) is 12.8 Å². The van der Waals surface area contributed by atoms with E-state index in [2.05, 4.69) is 11.3 Å². The average Bonchev–Trinajstić information content (AvgIpc) is 2.85. The van der Waals surface area contributed by atoms with Crippen molar-refractivity contribution in [3.63, 3.8) is 0 Å². The molecule has 1 fully saturated rings. The van der Waals surface area contributed by atoms with Crippen LogP contribution in [-0.4, -0.2) is 83.2 Å². The number of aliphatic hydroxyl groups is 4. The molecule has 34 heavy (non-hydrogen) atoms. The summed E-state index contributed by atoms with van der Waals surface area (Å²) in [6, 6.07) is 9.31. The highest BCUT2D eigenvalue weighted by Gasteiger charge is 2.44. The van der Waals surface area contributed by atoms with Gasteiger partial charge in [0.1, 0.15) is 36.8 Å². The van der Waals surface area contributed by atoms with E-state index < -0.39 is 36.7 Å². The zero-order valence-corrected chi connectivity index (χ0v) is 20.9. The fourth-order valence-corrected chi connectivity index (χ4v) is 2.74. The molecule has 0 spiro atoms.